The van der Waals surface area contributed by atoms with Crippen LogP contribution in [0.15, 0.2) is 18.2 Å². The molecule has 110 valence electrons. The molecule has 2 aliphatic heterocycles. The lowest BCUT2D eigenvalue weighted by atomic mass is 9.73. The van der Waals surface area contributed by atoms with Gasteiger partial charge in [0, 0.05) is 18.5 Å². The molecule has 2 unspecified atom stereocenters. The fourth-order valence-corrected chi connectivity index (χ4v) is 4.02. The molecule has 1 aromatic carbocycles. The fraction of sp³-hybridized carbons (Fsp3) is 0.647. The van der Waals surface area contributed by atoms with E-state index in [0.717, 1.165) is 18.4 Å². The third-order valence-corrected chi connectivity index (χ3v) is 5.23. The van der Waals surface area contributed by atoms with E-state index in [4.69, 9.17) is 0 Å². The van der Waals surface area contributed by atoms with E-state index >= 15 is 0 Å². The zero-order chi connectivity index (χ0) is 14.3. The summed E-state index contributed by atoms with van der Waals surface area (Å²) in [4.78, 5) is 2.44. The third-order valence-electron chi connectivity index (χ3n) is 5.23. The molecule has 2 bridgehead atoms. The van der Waals surface area contributed by atoms with Gasteiger partial charge in [0.15, 0.2) is 0 Å². The number of piperidine rings is 2. The molecule has 3 heteroatoms. The number of fused-ring (bicyclic) bond motifs is 2. The monoisotopic (exact) mass is 277 g/mol. The largest absolute Gasteiger partial charge is 0.389 e. The molecule has 20 heavy (non-hydrogen) atoms. The van der Waals surface area contributed by atoms with Crippen LogP contribution in [0.5, 0.6) is 0 Å². The quantitative estimate of drug-likeness (QED) is 0.898. The lowest BCUT2D eigenvalue weighted by Crippen LogP contribution is -2.57. The van der Waals surface area contributed by atoms with Crippen molar-refractivity contribution in [3.8, 4) is 0 Å². The minimum atomic E-state index is -0.663. The zero-order valence-corrected chi connectivity index (χ0v) is 12.4. The van der Waals surface area contributed by atoms with Crippen molar-refractivity contribution in [1.29, 1.82) is 0 Å². The second-order valence-corrected chi connectivity index (χ2v) is 6.80. The van der Waals surface area contributed by atoms with Crippen molar-refractivity contribution in [2.75, 3.05) is 7.05 Å². The molecule has 0 aromatic heterocycles. The Kier molecular flexibility index (Phi) is 3.59. The van der Waals surface area contributed by atoms with Gasteiger partial charge < -0.3 is 10.0 Å². The van der Waals surface area contributed by atoms with Crippen LogP contribution in [0.4, 0.5) is 4.39 Å². The van der Waals surface area contributed by atoms with Gasteiger partial charge >= 0.3 is 0 Å². The molecule has 2 nitrogen and oxygen atoms in total. The highest BCUT2D eigenvalue weighted by Gasteiger charge is 2.43. The molecule has 2 heterocycles. The summed E-state index contributed by atoms with van der Waals surface area (Å²) in [6, 6.07) is 6.32. The minimum absolute atomic E-state index is 0.167. The maximum Gasteiger partial charge on any atom is 0.126 e. The number of hydrogen-bond donors (Lipinski definition) is 1. The van der Waals surface area contributed by atoms with Gasteiger partial charge in [-0.3, -0.25) is 0 Å². The Hall–Kier alpha value is -0.930. The van der Waals surface area contributed by atoms with Gasteiger partial charge in [-0.05, 0) is 56.8 Å². The molecule has 2 aliphatic rings. The molecular weight excluding hydrogens is 253 g/mol. The number of hydrogen-bond acceptors (Lipinski definition) is 2. The lowest BCUT2D eigenvalue weighted by molar-refractivity contribution is -0.0820. The molecule has 0 saturated carbocycles. The SMILES string of the molecule is Cc1ccc(CC2(O)CC3CCCC(C2)N3C)cc1F. The Labute approximate surface area is 120 Å². The summed E-state index contributed by atoms with van der Waals surface area (Å²) in [6.45, 7) is 1.77. The maximum absolute atomic E-state index is 13.7. The first-order valence-corrected chi connectivity index (χ1v) is 7.66. The molecule has 2 atom stereocenters. The van der Waals surface area contributed by atoms with E-state index in [0.29, 0.717) is 24.1 Å². The number of aryl methyl sites for hydroxylation is 1. The first-order chi connectivity index (χ1) is 9.47. The highest BCUT2D eigenvalue weighted by molar-refractivity contribution is 5.25. The molecular formula is C17H24FNO. The average molecular weight is 277 g/mol. The van der Waals surface area contributed by atoms with E-state index in [2.05, 4.69) is 11.9 Å². The molecule has 1 N–H and O–H groups in total. The molecule has 0 spiro atoms. The first kappa shape index (κ1) is 14.0. The summed E-state index contributed by atoms with van der Waals surface area (Å²) in [7, 11) is 2.18. The topological polar surface area (TPSA) is 23.5 Å². The number of aliphatic hydroxyl groups is 1. The van der Waals surface area contributed by atoms with Crippen LogP contribution >= 0.6 is 0 Å². The highest BCUT2D eigenvalue weighted by atomic mass is 19.1. The molecule has 0 radical (unpaired) electrons. The van der Waals surface area contributed by atoms with Crippen LogP contribution in [-0.2, 0) is 6.42 Å². The van der Waals surface area contributed by atoms with Gasteiger partial charge in [0.2, 0.25) is 0 Å². The molecule has 2 saturated heterocycles. The summed E-state index contributed by atoms with van der Waals surface area (Å²) in [5, 5.41) is 11.0. The summed E-state index contributed by atoms with van der Waals surface area (Å²) in [5.41, 5.74) is 0.920. The van der Waals surface area contributed by atoms with E-state index < -0.39 is 5.60 Å². The van der Waals surface area contributed by atoms with E-state index in [9.17, 15) is 9.50 Å². The lowest BCUT2D eigenvalue weighted by Gasteiger charge is -2.50. The summed E-state index contributed by atoms with van der Waals surface area (Å²) in [6.07, 6.45) is 5.83. The van der Waals surface area contributed by atoms with Crippen molar-refractivity contribution in [3.63, 3.8) is 0 Å². The second kappa shape index (κ2) is 5.12. The van der Waals surface area contributed by atoms with Crippen LogP contribution in [0.25, 0.3) is 0 Å². The number of rotatable bonds is 2. The summed E-state index contributed by atoms with van der Waals surface area (Å²) in [5.74, 6) is -0.167. The van der Waals surface area contributed by atoms with E-state index in [1.807, 2.05) is 12.1 Å². The van der Waals surface area contributed by atoms with Gasteiger partial charge in [-0.25, -0.2) is 4.39 Å². The van der Waals surface area contributed by atoms with Crippen LogP contribution in [-0.4, -0.2) is 34.7 Å². The standard InChI is InChI=1S/C17H24FNO/c1-12-6-7-13(8-16(12)18)9-17(20)10-14-4-3-5-15(11-17)19(14)2/h6-8,14-15,20H,3-5,9-11H2,1-2H3. The molecule has 0 aliphatic carbocycles. The van der Waals surface area contributed by atoms with E-state index in [1.54, 1.807) is 13.0 Å². The van der Waals surface area contributed by atoms with Gasteiger partial charge in [0.1, 0.15) is 5.82 Å². The molecule has 2 fully saturated rings. The van der Waals surface area contributed by atoms with E-state index in [-0.39, 0.29) is 5.82 Å². The average Bonchev–Trinajstić information content (AvgIpc) is 2.36. The van der Waals surface area contributed by atoms with Crippen LogP contribution < -0.4 is 0 Å². The highest BCUT2D eigenvalue weighted by Crippen LogP contribution is 2.39. The first-order valence-electron chi connectivity index (χ1n) is 7.66. The number of nitrogens with zero attached hydrogens (tertiary/aromatic N) is 1. The number of halogens is 1. The molecule has 3 rings (SSSR count). The Balaban J connectivity index is 1.77. The van der Waals surface area contributed by atoms with Gasteiger partial charge in [-0.1, -0.05) is 18.6 Å². The van der Waals surface area contributed by atoms with Crippen molar-refractivity contribution >= 4 is 0 Å². The van der Waals surface area contributed by atoms with Crippen molar-refractivity contribution < 1.29 is 9.50 Å². The summed E-state index contributed by atoms with van der Waals surface area (Å²) < 4.78 is 13.7. The minimum Gasteiger partial charge on any atom is -0.389 e. The van der Waals surface area contributed by atoms with Crippen molar-refractivity contribution in [2.24, 2.45) is 0 Å². The van der Waals surface area contributed by atoms with Gasteiger partial charge in [0.25, 0.3) is 0 Å². The van der Waals surface area contributed by atoms with Crippen LogP contribution in [0.3, 0.4) is 0 Å². The predicted octanol–water partition coefficient (Wildman–Crippen LogP) is 3.05. The Bertz CT molecular complexity index is 488. The zero-order valence-electron chi connectivity index (χ0n) is 12.4. The van der Waals surface area contributed by atoms with E-state index in [1.165, 1.54) is 19.3 Å². The van der Waals surface area contributed by atoms with Gasteiger partial charge in [0.05, 0.1) is 5.60 Å². The fourth-order valence-electron chi connectivity index (χ4n) is 4.02. The predicted molar refractivity (Wildman–Crippen MR) is 78.2 cm³/mol. The Morgan fingerprint density at radius 2 is 1.95 bits per heavy atom. The normalized spacial score (nSPS) is 34.2. The smallest absolute Gasteiger partial charge is 0.126 e. The molecule has 1 aromatic rings. The van der Waals surface area contributed by atoms with Crippen LogP contribution in [0.2, 0.25) is 0 Å². The van der Waals surface area contributed by atoms with Gasteiger partial charge in [-0.2, -0.15) is 0 Å². The second-order valence-electron chi connectivity index (χ2n) is 6.80. The van der Waals surface area contributed by atoms with Crippen LogP contribution in [0, 0.1) is 12.7 Å². The molecule has 0 amide bonds. The third kappa shape index (κ3) is 2.61. The Morgan fingerprint density at radius 1 is 1.30 bits per heavy atom. The maximum atomic E-state index is 13.7. The van der Waals surface area contributed by atoms with Crippen molar-refractivity contribution in [3.05, 3.63) is 35.1 Å². The summed E-state index contributed by atoms with van der Waals surface area (Å²) >= 11 is 0. The van der Waals surface area contributed by atoms with Crippen molar-refractivity contribution in [2.45, 2.75) is 63.1 Å². The van der Waals surface area contributed by atoms with Crippen LogP contribution in [0.1, 0.15) is 43.2 Å². The van der Waals surface area contributed by atoms with Crippen molar-refractivity contribution in [1.82, 2.24) is 4.90 Å². The Morgan fingerprint density at radius 3 is 2.55 bits per heavy atom. The van der Waals surface area contributed by atoms with Gasteiger partial charge in [-0.15, -0.1) is 0 Å². The number of benzene rings is 1.